The summed E-state index contributed by atoms with van der Waals surface area (Å²) < 4.78 is 0. The van der Waals surface area contributed by atoms with Crippen molar-refractivity contribution in [1.29, 1.82) is 0 Å². The van der Waals surface area contributed by atoms with Gasteiger partial charge in [0.2, 0.25) is 11.8 Å². The first-order chi connectivity index (χ1) is 11.0. The maximum atomic E-state index is 11.9. The highest BCUT2D eigenvalue weighted by Gasteiger charge is 2.28. The lowest BCUT2D eigenvalue weighted by Gasteiger charge is -2.37. The second kappa shape index (κ2) is 8.67. The summed E-state index contributed by atoms with van der Waals surface area (Å²) in [6.07, 6.45) is 5.59. The van der Waals surface area contributed by atoms with Gasteiger partial charge in [-0.1, -0.05) is 20.3 Å². The van der Waals surface area contributed by atoms with Gasteiger partial charge in [0.25, 0.3) is 0 Å². The topological polar surface area (TPSA) is 52.7 Å². The summed E-state index contributed by atoms with van der Waals surface area (Å²) in [6, 6.07) is 0.411. The molecule has 2 fully saturated rings. The maximum absolute atomic E-state index is 11.9. The molecule has 2 amide bonds. The van der Waals surface area contributed by atoms with Crippen LogP contribution in [0.1, 0.15) is 52.4 Å². The smallest absolute Gasteiger partial charge is 0.222 e. The number of hydrogen-bond donors (Lipinski definition) is 1. The van der Waals surface area contributed by atoms with Gasteiger partial charge < -0.3 is 15.1 Å². The third-order valence-electron chi connectivity index (χ3n) is 5.25. The lowest BCUT2D eigenvalue weighted by molar-refractivity contribution is -0.137. The normalized spacial score (nSPS) is 24.3. The zero-order valence-electron chi connectivity index (χ0n) is 15.0. The van der Waals surface area contributed by atoms with Gasteiger partial charge in [0, 0.05) is 38.5 Å². The zero-order valence-corrected chi connectivity index (χ0v) is 15.0. The van der Waals surface area contributed by atoms with Crippen LogP contribution in [0.2, 0.25) is 0 Å². The van der Waals surface area contributed by atoms with Crippen molar-refractivity contribution in [2.45, 2.75) is 58.4 Å². The molecule has 1 N–H and O–H groups in total. The first-order valence-electron chi connectivity index (χ1n) is 9.23. The van der Waals surface area contributed by atoms with Crippen LogP contribution >= 0.6 is 0 Å². The summed E-state index contributed by atoms with van der Waals surface area (Å²) in [5, 5.41) is 3.12. The number of hydrogen-bond acceptors (Lipinski definition) is 3. The molecule has 0 atom stereocenters. The van der Waals surface area contributed by atoms with Crippen LogP contribution in [0.5, 0.6) is 0 Å². The van der Waals surface area contributed by atoms with Gasteiger partial charge in [-0.3, -0.25) is 9.59 Å². The van der Waals surface area contributed by atoms with Crippen LogP contribution in [-0.4, -0.2) is 60.9 Å². The van der Waals surface area contributed by atoms with Gasteiger partial charge in [-0.15, -0.1) is 0 Å². The van der Waals surface area contributed by atoms with Gasteiger partial charge in [0.1, 0.15) is 0 Å². The molecule has 0 aromatic rings. The SMILES string of the molecule is CCC1CC(NC(=O)CCN(C)CCCC(=O)N2CC(C)C2)C1. The summed E-state index contributed by atoms with van der Waals surface area (Å²) in [5.74, 6) is 1.94. The average molecular weight is 323 g/mol. The minimum Gasteiger partial charge on any atom is -0.353 e. The molecule has 0 bridgehead atoms. The van der Waals surface area contributed by atoms with E-state index in [0.717, 1.165) is 51.4 Å². The van der Waals surface area contributed by atoms with Gasteiger partial charge in [0.15, 0.2) is 0 Å². The quantitative estimate of drug-likeness (QED) is 0.705. The molecule has 23 heavy (non-hydrogen) atoms. The molecule has 1 aliphatic carbocycles. The monoisotopic (exact) mass is 323 g/mol. The standard InChI is InChI=1S/C18H33N3O2/c1-4-15-10-16(11-15)19-17(22)7-9-20(3)8-5-6-18(23)21-12-14(2)13-21/h14-16H,4-13H2,1-3H3,(H,19,22). The van der Waals surface area contributed by atoms with E-state index in [-0.39, 0.29) is 11.8 Å². The number of likely N-dealkylation sites (tertiary alicyclic amines) is 1. The molecule has 1 saturated heterocycles. The molecule has 5 nitrogen and oxygen atoms in total. The van der Waals surface area contributed by atoms with E-state index in [0.29, 0.717) is 24.8 Å². The van der Waals surface area contributed by atoms with Crippen molar-refractivity contribution < 1.29 is 9.59 Å². The fourth-order valence-corrected chi connectivity index (χ4v) is 3.45. The molecule has 2 rings (SSSR count). The average Bonchev–Trinajstić information content (AvgIpc) is 2.44. The third kappa shape index (κ3) is 5.79. The van der Waals surface area contributed by atoms with Crippen molar-refractivity contribution in [2.24, 2.45) is 11.8 Å². The number of rotatable bonds is 9. The molecule has 0 aromatic heterocycles. The van der Waals surface area contributed by atoms with Crippen molar-refractivity contribution in [1.82, 2.24) is 15.1 Å². The van der Waals surface area contributed by atoms with Gasteiger partial charge in [-0.25, -0.2) is 0 Å². The van der Waals surface area contributed by atoms with Crippen LogP contribution in [0.15, 0.2) is 0 Å². The minimum absolute atomic E-state index is 0.169. The Labute approximate surface area is 140 Å². The third-order valence-corrected chi connectivity index (χ3v) is 5.25. The summed E-state index contributed by atoms with van der Waals surface area (Å²) in [4.78, 5) is 27.9. The van der Waals surface area contributed by atoms with Crippen LogP contribution < -0.4 is 5.32 Å². The Balaban J connectivity index is 1.47. The molecule has 1 aliphatic heterocycles. The van der Waals surface area contributed by atoms with E-state index in [1.54, 1.807) is 0 Å². The van der Waals surface area contributed by atoms with E-state index in [4.69, 9.17) is 0 Å². The van der Waals surface area contributed by atoms with Crippen molar-refractivity contribution in [3.63, 3.8) is 0 Å². The van der Waals surface area contributed by atoms with Crippen LogP contribution in [-0.2, 0) is 9.59 Å². The Morgan fingerprint density at radius 2 is 1.87 bits per heavy atom. The van der Waals surface area contributed by atoms with Gasteiger partial charge in [-0.05, 0) is 44.7 Å². The maximum Gasteiger partial charge on any atom is 0.222 e. The van der Waals surface area contributed by atoms with Crippen LogP contribution in [0.25, 0.3) is 0 Å². The van der Waals surface area contributed by atoms with Crippen molar-refractivity contribution in [2.75, 3.05) is 33.2 Å². The highest BCUT2D eigenvalue weighted by atomic mass is 16.2. The fourth-order valence-electron chi connectivity index (χ4n) is 3.45. The lowest BCUT2D eigenvalue weighted by Crippen LogP contribution is -2.48. The Kier molecular flexibility index (Phi) is 6.88. The van der Waals surface area contributed by atoms with Crippen molar-refractivity contribution in [3.8, 4) is 0 Å². The van der Waals surface area contributed by atoms with Gasteiger partial charge in [-0.2, -0.15) is 0 Å². The predicted octanol–water partition coefficient (Wildman–Crippen LogP) is 1.87. The molecular weight excluding hydrogens is 290 g/mol. The number of nitrogens with one attached hydrogen (secondary N) is 1. The zero-order chi connectivity index (χ0) is 16.8. The number of nitrogens with zero attached hydrogens (tertiary/aromatic N) is 2. The number of carbonyl (C=O) groups excluding carboxylic acids is 2. The Bertz CT molecular complexity index is 401. The van der Waals surface area contributed by atoms with E-state index < -0.39 is 0 Å². The van der Waals surface area contributed by atoms with E-state index in [9.17, 15) is 9.59 Å². The second-order valence-electron chi connectivity index (χ2n) is 7.57. The van der Waals surface area contributed by atoms with E-state index in [1.807, 2.05) is 11.9 Å². The molecule has 0 aromatic carbocycles. The highest BCUT2D eigenvalue weighted by molar-refractivity contribution is 5.77. The predicted molar refractivity (Wildman–Crippen MR) is 92.0 cm³/mol. The van der Waals surface area contributed by atoms with Gasteiger partial charge >= 0.3 is 0 Å². The van der Waals surface area contributed by atoms with Crippen LogP contribution in [0.3, 0.4) is 0 Å². The molecule has 5 heteroatoms. The fraction of sp³-hybridized carbons (Fsp3) is 0.889. The molecule has 1 saturated carbocycles. The summed E-state index contributed by atoms with van der Waals surface area (Å²) in [7, 11) is 2.03. The molecule has 132 valence electrons. The summed E-state index contributed by atoms with van der Waals surface area (Å²) >= 11 is 0. The Morgan fingerprint density at radius 1 is 1.17 bits per heavy atom. The Hall–Kier alpha value is -1.10. The summed E-state index contributed by atoms with van der Waals surface area (Å²) in [5.41, 5.74) is 0. The van der Waals surface area contributed by atoms with E-state index >= 15 is 0 Å². The molecule has 2 aliphatic rings. The van der Waals surface area contributed by atoms with E-state index in [2.05, 4.69) is 24.1 Å². The second-order valence-corrected chi connectivity index (χ2v) is 7.57. The molecule has 0 unspecified atom stereocenters. The highest BCUT2D eigenvalue weighted by Crippen LogP contribution is 2.29. The molecular formula is C18H33N3O2. The Morgan fingerprint density at radius 3 is 2.48 bits per heavy atom. The summed E-state index contributed by atoms with van der Waals surface area (Å²) in [6.45, 7) is 7.89. The molecule has 0 spiro atoms. The lowest BCUT2D eigenvalue weighted by atomic mass is 9.78. The first kappa shape index (κ1) is 18.2. The van der Waals surface area contributed by atoms with E-state index in [1.165, 1.54) is 6.42 Å². The van der Waals surface area contributed by atoms with Crippen molar-refractivity contribution >= 4 is 11.8 Å². The molecule has 1 heterocycles. The van der Waals surface area contributed by atoms with Crippen LogP contribution in [0.4, 0.5) is 0 Å². The first-order valence-corrected chi connectivity index (χ1v) is 9.23. The van der Waals surface area contributed by atoms with Crippen LogP contribution in [0, 0.1) is 11.8 Å². The van der Waals surface area contributed by atoms with Crippen molar-refractivity contribution in [3.05, 3.63) is 0 Å². The minimum atomic E-state index is 0.169. The number of amides is 2. The van der Waals surface area contributed by atoms with Gasteiger partial charge in [0.05, 0.1) is 0 Å². The number of carbonyl (C=O) groups is 2. The largest absolute Gasteiger partial charge is 0.353 e. The molecule has 0 radical (unpaired) electrons.